The molecule has 2 N–H and O–H groups in total. The molecule has 1 aliphatic rings. The van der Waals surface area contributed by atoms with Crippen molar-refractivity contribution in [3.63, 3.8) is 0 Å². The number of amides is 2. The molecule has 0 radical (unpaired) electrons. The molecule has 0 bridgehead atoms. The lowest BCUT2D eigenvalue weighted by molar-refractivity contribution is -0.123. The molecular weight excluding hydrogens is 340 g/mol. The van der Waals surface area contributed by atoms with Crippen molar-refractivity contribution in [1.29, 1.82) is 0 Å². The zero-order valence-electron chi connectivity index (χ0n) is 16.0. The largest absolute Gasteiger partial charge is 0.489 e. The summed E-state index contributed by atoms with van der Waals surface area (Å²) in [4.78, 5) is 23.6. The minimum absolute atomic E-state index is 0.0577. The van der Waals surface area contributed by atoms with E-state index in [9.17, 15) is 9.59 Å². The van der Waals surface area contributed by atoms with Crippen molar-refractivity contribution < 1.29 is 14.3 Å². The van der Waals surface area contributed by atoms with Gasteiger partial charge in [0.1, 0.15) is 12.4 Å². The molecule has 1 saturated carbocycles. The zero-order valence-corrected chi connectivity index (χ0v) is 16.0. The van der Waals surface area contributed by atoms with Crippen LogP contribution in [-0.4, -0.2) is 11.8 Å². The molecule has 2 aromatic carbocycles. The van der Waals surface area contributed by atoms with E-state index < -0.39 is 0 Å². The van der Waals surface area contributed by atoms with E-state index in [0.29, 0.717) is 12.2 Å². The molecular formula is C22H26N2O3. The lowest BCUT2D eigenvalue weighted by Crippen LogP contribution is -2.42. The highest BCUT2D eigenvalue weighted by Gasteiger charge is 2.29. The van der Waals surface area contributed by atoms with E-state index >= 15 is 0 Å². The van der Waals surface area contributed by atoms with E-state index in [1.807, 2.05) is 24.3 Å². The SMILES string of the molecule is CC(C)(C)c1ccc(OCc2ccc(C(=O)NNC(=O)C3CC3)cc2)cc1. The Morgan fingerprint density at radius 3 is 2.15 bits per heavy atom. The number of hydrogen-bond donors (Lipinski definition) is 2. The highest BCUT2D eigenvalue weighted by molar-refractivity contribution is 5.95. The van der Waals surface area contributed by atoms with Gasteiger partial charge in [-0.3, -0.25) is 20.4 Å². The van der Waals surface area contributed by atoms with Crippen LogP contribution >= 0.6 is 0 Å². The van der Waals surface area contributed by atoms with Crippen LogP contribution in [0, 0.1) is 5.92 Å². The molecule has 0 aromatic heterocycles. The van der Waals surface area contributed by atoms with Gasteiger partial charge in [-0.05, 0) is 53.6 Å². The van der Waals surface area contributed by atoms with Crippen molar-refractivity contribution in [2.75, 3.05) is 0 Å². The van der Waals surface area contributed by atoms with Gasteiger partial charge in [-0.15, -0.1) is 0 Å². The Labute approximate surface area is 160 Å². The van der Waals surface area contributed by atoms with E-state index in [1.54, 1.807) is 12.1 Å². The Morgan fingerprint density at radius 2 is 1.59 bits per heavy atom. The lowest BCUT2D eigenvalue weighted by Gasteiger charge is -2.19. The summed E-state index contributed by atoms with van der Waals surface area (Å²) in [5.74, 6) is 0.426. The van der Waals surface area contributed by atoms with Gasteiger partial charge in [0.05, 0.1) is 0 Å². The third-order valence-electron chi connectivity index (χ3n) is 4.59. The van der Waals surface area contributed by atoms with Gasteiger partial charge in [0.25, 0.3) is 5.91 Å². The van der Waals surface area contributed by atoms with Crippen LogP contribution in [0.25, 0.3) is 0 Å². The van der Waals surface area contributed by atoms with Crippen molar-refractivity contribution in [2.45, 2.75) is 45.6 Å². The molecule has 5 heteroatoms. The van der Waals surface area contributed by atoms with Crippen LogP contribution in [0.1, 0.15) is 55.1 Å². The van der Waals surface area contributed by atoms with Crippen molar-refractivity contribution in [2.24, 2.45) is 5.92 Å². The fraction of sp³-hybridized carbons (Fsp3) is 0.364. The third-order valence-corrected chi connectivity index (χ3v) is 4.59. The first-order valence-corrected chi connectivity index (χ1v) is 9.25. The molecule has 0 heterocycles. The van der Waals surface area contributed by atoms with Gasteiger partial charge in [-0.25, -0.2) is 0 Å². The average molecular weight is 366 g/mol. The first-order valence-electron chi connectivity index (χ1n) is 9.25. The van der Waals surface area contributed by atoms with Gasteiger partial charge >= 0.3 is 0 Å². The van der Waals surface area contributed by atoms with Crippen LogP contribution in [0.4, 0.5) is 0 Å². The Morgan fingerprint density at radius 1 is 0.963 bits per heavy atom. The summed E-state index contributed by atoms with van der Waals surface area (Å²) in [6.45, 7) is 6.96. The van der Waals surface area contributed by atoms with Crippen molar-refractivity contribution in [1.82, 2.24) is 10.9 Å². The first kappa shape index (κ1) is 19.0. The predicted octanol–water partition coefficient (Wildman–Crippen LogP) is 3.73. The topological polar surface area (TPSA) is 67.4 Å². The molecule has 0 atom stereocenters. The summed E-state index contributed by atoms with van der Waals surface area (Å²) in [6, 6.07) is 15.3. The summed E-state index contributed by atoms with van der Waals surface area (Å²) in [5, 5.41) is 0. The number of carbonyl (C=O) groups excluding carboxylic acids is 2. The number of benzene rings is 2. The molecule has 2 aromatic rings. The second-order valence-corrected chi connectivity index (χ2v) is 7.98. The molecule has 1 aliphatic carbocycles. The van der Waals surface area contributed by atoms with Crippen molar-refractivity contribution in [3.8, 4) is 5.75 Å². The Kier molecular flexibility index (Phi) is 5.49. The van der Waals surface area contributed by atoms with Crippen molar-refractivity contribution in [3.05, 3.63) is 65.2 Å². The third kappa shape index (κ3) is 5.33. The summed E-state index contributed by atoms with van der Waals surface area (Å²) < 4.78 is 5.81. The van der Waals surface area contributed by atoms with E-state index in [-0.39, 0.29) is 23.1 Å². The molecule has 1 fully saturated rings. The molecule has 3 rings (SSSR count). The van der Waals surface area contributed by atoms with Gasteiger partial charge in [0.15, 0.2) is 0 Å². The Hall–Kier alpha value is -2.82. The van der Waals surface area contributed by atoms with Crippen LogP contribution in [-0.2, 0) is 16.8 Å². The fourth-order valence-corrected chi connectivity index (χ4v) is 2.61. The van der Waals surface area contributed by atoms with Gasteiger partial charge in [0.2, 0.25) is 5.91 Å². The minimum atomic E-state index is -0.325. The van der Waals surface area contributed by atoms with Gasteiger partial charge in [-0.2, -0.15) is 0 Å². The number of carbonyl (C=O) groups is 2. The summed E-state index contributed by atoms with van der Waals surface area (Å²) in [5.41, 5.74) is 7.74. The van der Waals surface area contributed by atoms with Crippen LogP contribution in [0.3, 0.4) is 0 Å². The molecule has 2 amide bonds. The molecule has 0 aliphatic heterocycles. The molecule has 27 heavy (non-hydrogen) atoms. The maximum atomic E-state index is 12.0. The number of nitrogens with one attached hydrogen (secondary N) is 2. The normalized spacial score (nSPS) is 13.7. The van der Waals surface area contributed by atoms with Crippen molar-refractivity contribution >= 4 is 11.8 Å². The van der Waals surface area contributed by atoms with E-state index in [0.717, 1.165) is 24.2 Å². The number of hydrazine groups is 1. The zero-order chi connectivity index (χ0) is 19.4. The predicted molar refractivity (Wildman–Crippen MR) is 104 cm³/mol. The smallest absolute Gasteiger partial charge is 0.269 e. The van der Waals surface area contributed by atoms with Gasteiger partial charge in [0, 0.05) is 11.5 Å². The number of ether oxygens (including phenoxy) is 1. The van der Waals surface area contributed by atoms with Crippen LogP contribution < -0.4 is 15.6 Å². The number of rotatable bonds is 5. The maximum absolute atomic E-state index is 12.0. The second-order valence-electron chi connectivity index (χ2n) is 7.98. The van der Waals surface area contributed by atoms with Crippen LogP contribution in [0.15, 0.2) is 48.5 Å². The number of hydrogen-bond acceptors (Lipinski definition) is 3. The van der Waals surface area contributed by atoms with Gasteiger partial charge < -0.3 is 4.74 Å². The van der Waals surface area contributed by atoms with E-state index in [2.05, 4.69) is 43.8 Å². The van der Waals surface area contributed by atoms with E-state index in [1.165, 1.54) is 5.56 Å². The summed E-state index contributed by atoms with van der Waals surface area (Å²) >= 11 is 0. The second kappa shape index (κ2) is 7.82. The average Bonchev–Trinajstić information content (AvgIpc) is 3.49. The Balaban J connectivity index is 1.49. The highest BCUT2D eigenvalue weighted by Crippen LogP contribution is 2.28. The molecule has 142 valence electrons. The highest BCUT2D eigenvalue weighted by atomic mass is 16.5. The first-order chi connectivity index (χ1) is 12.8. The quantitative estimate of drug-likeness (QED) is 0.792. The minimum Gasteiger partial charge on any atom is -0.489 e. The molecule has 0 spiro atoms. The van der Waals surface area contributed by atoms with Crippen LogP contribution in [0.2, 0.25) is 0 Å². The van der Waals surface area contributed by atoms with Crippen LogP contribution in [0.5, 0.6) is 5.75 Å². The Bertz CT molecular complexity index is 801. The van der Waals surface area contributed by atoms with Gasteiger partial charge in [-0.1, -0.05) is 45.0 Å². The standard InChI is InChI=1S/C22H26N2O3/c1-22(2,3)18-10-12-19(13-11-18)27-14-15-4-6-16(7-5-15)20(25)23-24-21(26)17-8-9-17/h4-7,10-13,17H,8-9,14H2,1-3H3,(H,23,25)(H,24,26). The fourth-order valence-electron chi connectivity index (χ4n) is 2.61. The summed E-state index contributed by atoms with van der Waals surface area (Å²) in [6.07, 6.45) is 1.80. The maximum Gasteiger partial charge on any atom is 0.269 e. The molecule has 0 saturated heterocycles. The van der Waals surface area contributed by atoms with E-state index in [4.69, 9.17) is 4.74 Å². The summed E-state index contributed by atoms with van der Waals surface area (Å²) in [7, 11) is 0. The molecule has 0 unspecified atom stereocenters. The molecule has 5 nitrogen and oxygen atoms in total. The lowest BCUT2D eigenvalue weighted by atomic mass is 9.87. The monoisotopic (exact) mass is 366 g/mol.